The van der Waals surface area contributed by atoms with Crippen molar-refractivity contribution in [3.8, 4) is 5.75 Å². The van der Waals surface area contributed by atoms with Gasteiger partial charge >= 0.3 is 0 Å². The number of carbonyl (C=O) groups is 1. The first-order valence-electron chi connectivity index (χ1n) is 8.66. The molecule has 0 unspecified atom stereocenters. The maximum absolute atomic E-state index is 12.1. The molecule has 3 rings (SSSR count). The smallest absolute Gasteiger partial charge is 0.226 e. The van der Waals surface area contributed by atoms with E-state index in [1.807, 2.05) is 48.7 Å². The molecule has 0 aliphatic rings. The summed E-state index contributed by atoms with van der Waals surface area (Å²) in [5.74, 6) is 1.53. The summed E-state index contributed by atoms with van der Waals surface area (Å²) < 4.78 is 5.21. The van der Waals surface area contributed by atoms with Gasteiger partial charge in [0.2, 0.25) is 5.91 Å². The number of carbonyl (C=O) groups excluding carboxylic acids is 1. The average molecular weight is 382 g/mol. The molecule has 140 valence electrons. The fourth-order valence-corrected chi connectivity index (χ4v) is 3.28. The lowest BCUT2D eigenvalue weighted by molar-refractivity contribution is -0.120. The van der Waals surface area contributed by atoms with Crippen molar-refractivity contribution in [2.24, 2.45) is 0 Å². The first-order valence-corrected chi connectivity index (χ1v) is 9.54. The number of thiazole rings is 1. The Morgan fingerprint density at radius 2 is 2.15 bits per heavy atom. The number of anilines is 2. The molecule has 0 atom stereocenters. The number of nitrogens with one attached hydrogen (secondary N) is 2. The van der Waals surface area contributed by atoms with E-state index < -0.39 is 0 Å². The number of hydrogen-bond acceptors (Lipinski definition) is 6. The molecule has 6 nitrogen and oxygen atoms in total. The fraction of sp³-hybridized carbons (Fsp3) is 0.250. The van der Waals surface area contributed by atoms with E-state index in [2.05, 4.69) is 20.6 Å². The minimum atomic E-state index is -0.0385. The summed E-state index contributed by atoms with van der Waals surface area (Å²) in [4.78, 5) is 20.8. The number of aryl methyl sites for hydroxylation is 1. The summed E-state index contributed by atoms with van der Waals surface area (Å²) in [6.07, 6.45) is 2.77. The average Bonchev–Trinajstić information content (AvgIpc) is 3.08. The van der Waals surface area contributed by atoms with E-state index in [1.165, 1.54) is 11.3 Å². The molecule has 0 aliphatic carbocycles. The highest BCUT2D eigenvalue weighted by Gasteiger charge is 2.08. The Bertz CT molecular complexity index is 910. The van der Waals surface area contributed by atoms with Crippen molar-refractivity contribution < 1.29 is 9.53 Å². The van der Waals surface area contributed by atoms with Crippen molar-refractivity contribution in [1.29, 1.82) is 0 Å². The van der Waals surface area contributed by atoms with Crippen molar-refractivity contribution in [2.75, 3.05) is 19.0 Å². The lowest BCUT2D eigenvalue weighted by Gasteiger charge is -2.06. The van der Waals surface area contributed by atoms with Gasteiger partial charge in [0.25, 0.3) is 0 Å². The lowest BCUT2D eigenvalue weighted by Crippen LogP contribution is -2.27. The van der Waals surface area contributed by atoms with Crippen molar-refractivity contribution in [3.05, 3.63) is 64.8 Å². The second-order valence-electron chi connectivity index (χ2n) is 6.12. The van der Waals surface area contributed by atoms with Crippen LogP contribution in [-0.4, -0.2) is 29.5 Å². The van der Waals surface area contributed by atoms with Crippen LogP contribution in [-0.2, 0) is 17.6 Å². The lowest BCUT2D eigenvalue weighted by atomic mass is 10.1. The number of hydrogen-bond donors (Lipinski definition) is 2. The van der Waals surface area contributed by atoms with Gasteiger partial charge in [0.15, 0.2) is 5.13 Å². The van der Waals surface area contributed by atoms with Gasteiger partial charge in [-0.2, -0.15) is 0 Å². The first-order chi connectivity index (χ1) is 13.1. The highest BCUT2D eigenvalue weighted by atomic mass is 32.1. The van der Waals surface area contributed by atoms with Crippen molar-refractivity contribution in [2.45, 2.75) is 19.8 Å². The van der Waals surface area contributed by atoms with Crippen molar-refractivity contribution in [3.63, 3.8) is 0 Å². The summed E-state index contributed by atoms with van der Waals surface area (Å²) >= 11 is 1.46. The van der Waals surface area contributed by atoms with E-state index >= 15 is 0 Å². The maximum atomic E-state index is 12.1. The molecule has 27 heavy (non-hydrogen) atoms. The molecule has 0 saturated heterocycles. The third-order valence-corrected chi connectivity index (χ3v) is 4.72. The Kier molecular flexibility index (Phi) is 6.38. The summed E-state index contributed by atoms with van der Waals surface area (Å²) in [5, 5.41) is 8.72. The third kappa shape index (κ3) is 5.79. The van der Waals surface area contributed by atoms with Gasteiger partial charge in [-0.1, -0.05) is 12.1 Å². The second-order valence-corrected chi connectivity index (χ2v) is 6.97. The molecule has 0 spiro atoms. The number of methoxy groups -OCH3 is 1. The monoisotopic (exact) mass is 382 g/mol. The Labute approximate surface area is 162 Å². The van der Waals surface area contributed by atoms with Gasteiger partial charge < -0.3 is 15.4 Å². The van der Waals surface area contributed by atoms with Crippen LogP contribution in [0, 0.1) is 6.92 Å². The van der Waals surface area contributed by atoms with Gasteiger partial charge in [0.1, 0.15) is 11.6 Å². The zero-order chi connectivity index (χ0) is 19.1. The molecule has 2 N–H and O–H groups in total. The summed E-state index contributed by atoms with van der Waals surface area (Å²) in [7, 11) is 1.65. The summed E-state index contributed by atoms with van der Waals surface area (Å²) in [6.45, 7) is 2.59. The van der Waals surface area contributed by atoms with E-state index in [0.29, 0.717) is 6.54 Å². The zero-order valence-corrected chi connectivity index (χ0v) is 16.2. The van der Waals surface area contributed by atoms with Crippen LogP contribution in [0.3, 0.4) is 0 Å². The molecule has 1 amide bonds. The molecular formula is C20H22N4O2S. The molecule has 0 fully saturated rings. The molecule has 0 aliphatic heterocycles. The minimum Gasteiger partial charge on any atom is -0.497 e. The Balaban J connectivity index is 1.46. The highest BCUT2D eigenvalue weighted by Crippen LogP contribution is 2.20. The number of amides is 1. The normalized spacial score (nSPS) is 10.4. The predicted octanol–water partition coefficient (Wildman–Crippen LogP) is 3.50. The second kappa shape index (κ2) is 9.14. The largest absolute Gasteiger partial charge is 0.497 e. The van der Waals surface area contributed by atoms with Gasteiger partial charge in [-0.15, -0.1) is 11.3 Å². The third-order valence-electron chi connectivity index (χ3n) is 3.91. The van der Waals surface area contributed by atoms with Crippen LogP contribution in [0.25, 0.3) is 0 Å². The zero-order valence-electron chi connectivity index (χ0n) is 15.4. The molecular weight excluding hydrogens is 360 g/mol. The molecule has 2 aromatic heterocycles. The minimum absolute atomic E-state index is 0.0385. The van der Waals surface area contributed by atoms with Gasteiger partial charge in [-0.25, -0.2) is 9.97 Å². The van der Waals surface area contributed by atoms with Gasteiger partial charge in [0.05, 0.1) is 19.2 Å². The molecule has 0 bridgehead atoms. The first kappa shape index (κ1) is 18.8. The highest BCUT2D eigenvalue weighted by molar-refractivity contribution is 7.13. The number of aromatic nitrogens is 2. The Morgan fingerprint density at radius 3 is 2.96 bits per heavy atom. The molecule has 2 heterocycles. The molecule has 3 aromatic rings. The van der Waals surface area contributed by atoms with Crippen molar-refractivity contribution >= 4 is 28.2 Å². The quantitative estimate of drug-likeness (QED) is 0.624. The topological polar surface area (TPSA) is 76.1 Å². The van der Waals surface area contributed by atoms with E-state index in [-0.39, 0.29) is 12.3 Å². The number of rotatable bonds is 8. The summed E-state index contributed by atoms with van der Waals surface area (Å²) in [5.41, 5.74) is 2.99. The molecule has 1 aromatic carbocycles. The standard InChI is InChI=1S/C20H22N4O2S/c1-14-6-8-21-18(10-14)24-20-23-16(13-27-20)12-19(25)22-9-7-15-4-3-5-17(11-15)26-2/h3-6,8,10-11,13H,7,9,12H2,1-2H3,(H,22,25)(H,21,23,24). The van der Waals surface area contributed by atoms with Gasteiger partial charge in [0, 0.05) is 18.1 Å². The van der Waals surface area contributed by atoms with Gasteiger partial charge in [-0.05, 0) is 48.7 Å². The SMILES string of the molecule is COc1cccc(CCNC(=O)Cc2csc(Nc3cc(C)ccn3)n2)c1. The molecule has 0 radical (unpaired) electrons. The number of nitrogens with zero attached hydrogens (tertiary/aromatic N) is 2. The van der Waals surface area contributed by atoms with Crippen LogP contribution >= 0.6 is 11.3 Å². The number of ether oxygens (including phenoxy) is 1. The number of benzene rings is 1. The Hall–Kier alpha value is -2.93. The van der Waals surface area contributed by atoms with E-state index in [4.69, 9.17) is 4.74 Å². The number of pyridine rings is 1. The van der Waals surface area contributed by atoms with Crippen LogP contribution in [0.1, 0.15) is 16.8 Å². The van der Waals surface area contributed by atoms with E-state index in [1.54, 1.807) is 13.3 Å². The van der Waals surface area contributed by atoms with Crippen LogP contribution in [0.5, 0.6) is 5.75 Å². The summed E-state index contributed by atoms with van der Waals surface area (Å²) in [6, 6.07) is 11.7. The van der Waals surface area contributed by atoms with E-state index in [9.17, 15) is 4.79 Å². The van der Waals surface area contributed by atoms with Crippen molar-refractivity contribution in [1.82, 2.24) is 15.3 Å². The van der Waals surface area contributed by atoms with Crippen LogP contribution < -0.4 is 15.4 Å². The Morgan fingerprint density at radius 1 is 1.26 bits per heavy atom. The van der Waals surface area contributed by atoms with Gasteiger partial charge in [-0.3, -0.25) is 4.79 Å². The van der Waals surface area contributed by atoms with Crippen LogP contribution in [0.2, 0.25) is 0 Å². The fourth-order valence-electron chi connectivity index (χ4n) is 2.56. The molecule has 0 saturated carbocycles. The predicted molar refractivity (Wildman–Crippen MR) is 108 cm³/mol. The van der Waals surface area contributed by atoms with Crippen LogP contribution in [0.15, 0.2) is 48.0 Å². The van der Waals surface area contributed by atoms with E-state index in [0.717, 1.165) is 39.9 Å². The molecule has 7 heteroatoms. The van der Waals surface area contributed by atoms with Crippen LogP contribution in [0.4, 0.5) is 10.9 Å². The maximum Gasteiger partial charge on any atom is 0.226 e.